The van der Waals surface area contributed by atoms with Gasteiger partial charge in [-0.05, 0) is 47.2 Å². The van der Waals surface area contributed by atoms with E-state index in [9.17, 15) is 0 Å². The predicted molar refractivity (Wildman–Crippen MR) is 109 cm³/mol. The summed E-state index contributed by atoms with van der Waals surface area (Å²) in [7, 11) is 6.04. The van der Waals surface area contributed by atoms with Crippen molar-refractivity contribution in [3.8, 4) is 0 Å². The summed E-state index contributed by atoms with van der Waals surface area (Å²) >= 11 is 0. The maximum Gasteiger partial charge on any atom is 0.134 e. The molecular weight excluding hydrogens is 342 g/mol. The van der Waals surface area contributed by atoms with Gasteiger partial charge in [0.1, 0.15) is 18.0 Å². The van der Waals surface area contributed by atoms with Gasteiger partial charge in [0.05, 0.1) is 11.7 Å². The van der Waals surface area contributed by atoms with E-state index in [0.717, 1.165) is 63.7 Å². The van der Waals surface area contributed by atoms with Gasteiger partial charge in [0.15, 0.2) is 0 Å². The zero-order valence-corrected chi connectivity index (χ0v) is 17.5. The largest absolute Gasteiger partial charge is 0.380 e. The summed E-state index contributed by atoms with van der Waals surface area (Å²) in [5.41, 5.74) is -0.00143. The molecule has 3 heterocycles. The van der Waals surface area contributed by atoms with Crippen molar-refractivity contribution in [2.45, 2.75) is 50.9 Å². The Labute approximate surface area is 163 Å². The molecule has 2 saturated heterocycles. The van der Waals surface area contributed by atoms with Gasteiger partial charge in [-0.2, -0.15) is 0 Å². The van der Waals surface area contributed by atoms with Gasteiger partial charge in [0.25, 0.3) is 0 Å². The number of piperidine rings is 1. The Kier molecular flexibility index (Phi) is 6.55. The zero-order valence-electron chi connectivity index (χ0n) is 17.5. The summed E-state index contributed by atoms with van der Waals surface area (Å²) in [6.45, 7) is 8.88. The lowest BCUT2D eigenvalue weighted by Gasteiger charge is -2.39. The van der Waals surface area contributed by atoms with E-state index in [1.165, 1.54) is 0 Å². The minimum absolute atomic E-state index is 0.00143. The molecule has 7 heteroatoms. The number of hydrogen-bond acceptors (Lipinski definition) is 7. The van der Waals surface area contributed by atoms with Crippen LogP contribution in [0, 0.1) is 0 Å². The quantitative estimate of drug-likeness (QED) is 0.721. The third-order valence-electron chi connectivity index (χ3n) is 5.86. The molecule has 2 atom stereocenters. The molecule has 2 aliphatic heterocycles. The fourth-order valence-corrected chi connectivity index (χ4v) is 4.29. The summed E-state index contributed by atoms with van der Waals surface area (Å²) in [6, 6.07) is 2.56. The Balaban J connectivity index is 1.71. The molecule has 0 saturated carbocycles. The fourth-order valence-electron chi connectivity index (χ4n) is 4.29. The maximum absolute atomic E-state index is 5.95. The lowest BCUT2D eigenvalue weighted by Crippen LogP contribution is -2.44. The first kappa shape index (κ1) is 20.3. The molecule has 152 valence electrons. The van der Waals surface area contributed by atoms with E-state index in [1.54, 1.807) is 13.4 Å². The van der Waals surface area contributed by atoms with Gasteiger partial charge >= 0.3 is 0 Å². The number of ether oxygens (including phenoxy) is 2. The molecule has 7 nitrogen and oxygen atoms in total. The van der Waals surface area contributed by atoms with Crippen LogP contribution in [0.3, 0.4) is 0 Å². The maximum atomic E-state index is 5.95. The smallest absolute Gasteiger partial charge is 0.134 e. The van der Waals surface area contributed by atoms with Crippen LogP contribution >= 0.6 is 0 Å². The Morgan fingerprint density at radius 3 is 2.56 bits per heavy atom. The first-order chi connectivity index (χ1) is 12.9. The minimum Gasteiger partial charge on any atom is -0.380 e. The first-order valence-corrected chi connectivity index (χ1v) is 10.1. The van der Waals surface area contributed by atoms with Gasteiger partial charge in [-0.3, -0.25) is 0 Å². The highest BCUT2D eigenvalue weighted by Crippen LogP contribution is 2.31. The standard InChI is InChI=1S/C20H35N5O2/c1-6-27-20(2)7-9-24(10-8-20)18-12-19(22-15-21-18)25-14-17(26-5)11-16(25)13-23(3)4/h12,15-17H,6-11,13-14H2,1-5H3/t16-,17-/m0/s1. The highest BCUT2D eigenvalue weighted by atomic mass is 16.5. The second-order valence-electron chi connectivity index (χ2n) is 8.27. The normalized spacial score (nSPS) is 25.4. The number of methoxy groups -OCH3 is 1. The van der Waals surface area contributed by atoms with Crippen LogP contribution in [0.4, 0.5) is 11.6 Å². The first-order valence-electron chi connectivity index (χ1n) is 10.1. The molecule has 3 rings (SSSR count). The zero-order chi connectivity index (χ0) is 19.4. The van der Waals surface area contributed by atoms with E-state index in [1.807, 2.05) is 0 Å². The molecule has 0 radical (unpaired) electrons. The van der Waals surface area contributed by atoms with Crippen LogP contribution in [-0.4, -0.2) is 86.6 Å². The van der Waals surface area contributed by atoms with Crippen LogP contribution < -0.4 is 9.80 Å². The summed E-state index contributed by atoms with van der Waals surface area (Å²) < 4.78 is 11.6. The molecule has 2 fully saturated rings. The van der Waals surface area contributed by atoms with Gasteiger partial charge < -0.3 is 24.2 Å². The van der Waals surface area contributed by atoms with Crippen LogP contribution in [0.25, 0.3) is 0 Å². The van der Waals surface area contributed by atoms with Crippen molar-refractivity contribution in [1.82, 2.24) is 14.9 Å². The van der Waals surface area contributed by atoms with Crippen molar-refractivity contribution in [2.24, 2.45) is 0 Å². The molecule has 0 bridgehead atoms. The van der Waals surface area contributed by atoms with E-state index in [4.69, 9.17) is 9.47 Å². The van der Waals surface area contributed by atoms with Crippen LogP contribution in [0.15, 0.2) is 12.4 Å². The van der Waals surface area contributed by atoms with Crippen molar-refractivity contribution in [3.63, 3.8) is 0 Å². The van der Waals surface area contributed by atoms with Crippen molar-refractivity contribution >= 4 is 11.6 Å². The van der Waals surface area contributed by atoms with Gasteiger partial charge in [0.2, 0.25) is 0 Å². The number of anilines is 2. The Bertz CT molecular complexity index is 604. The topological polar surface area (TPSA) is 54.0 Å². The van der Waals surface area contributed by atoms with Gasteiger partial charge in [-0.25, -0.2) is 9.97 Å². The van der Waals surface area contributed by atoms with Gasteiger partial charge in [0, 0.05) is 52.0 Å². The van der Waals surface area contributed by atoms with E-state index >= 15 is 0 Å². The third-order valence-corrected chi connectivity index (χ3v) is 5.86. The molecule has 1 aromatic heterocycles. The molecule has 0 unspecified atom stereocenters. The predicted octanol–water partition coefficient (Wildman–Crippen LogP) is 2.03. The van der Waals surface area contributed by atoms with E-state index in [0.29, 0.717) is 6.04 Å². The number of nitrogens with zero attached hydrogens (tertiary/aromatic N) is 5. The third kappa shape index (κ3) is 4.89. The van der Waals surface area contributed by atoms with Gasteiger partial charge in [-0.15, -0.1) is 0 Å². The average Bonchev–Trinajstić information content (AvgIpc) is 3.05. The number of rotatable bonds is 7. The van der Waals surface area contributed by atoms with Crippen LogP contribution in [-0.2, 0) is 9.47 Å². The van der Waals surface area contributed by atoms with Crippen LogP contribution in [0.1, 0.15) is 33.1 Å². The second-order valence-corrected chi connectivity index (χ2v) is 8.27. The second kappa shape index (κ2) is 8.71. The summed E-state index contributed by atoms with van der Waals surface area (Å²) in [6.07, 6.45) is 5.05. The molecular formula is C20H35N5O2. The number of hydrogen-bond donors (Lipinski definition) is 0. The molecule has 0 aromatic carbocycles. The van der Waals surface area contributed by atoms with Crippen molar-refractivity contribution in [2.75, 3.05) is 63.8 Å². The molecule has 0 aliphatic carbocycles. The lowest BCUT2D eigenvalue weighted by molar-refractivity contribution is -0.0414. The summed E-state index contributed by atoms with van der Waals surface area (Å²) in [4.78, 5) is 16.1. The molecule has 0 amide bonds. The van der Waals surface area contributed by atoms with E-state index in [-0.39, 0.29) is 11.7 Å². The Hall–Kier alpha value is -1.44. The van der Waals surface area contributed by atoms with Crippen LogP contribution in [0.5, 0.6) is 0 Å². The SMILES string of the molecule is CCOC1(C)CCN(c2cc(N3C[C@@H](OC)C[C@H]3CN(C)C)ncn2)CC1. The molecule has 1 aromatic rings. The lowest BCUT2D eigenvalue weighted by atomic mass is 9.93. The van der Waals surface area contributed by atoms with Gasteiger partial charge in [-0.1, -0.05) is 0 Å². The monoisotopic (exact) mass is 377 g/mol. The van der Waals surface area contributed by atoms with Crippen LogP contribution in [0.2, 0.25) is 0 Å². The molecule has 27 heavy (non-hydrogen) atoms. The number of aromatic nitrogens is 2. The Morgan fingerprint density at radius 1 is 1.22 bits per heavy atom. The van der Waals surface area contributed by atoms with Crippen molar-refractivity contribution in [1.29, 1.82) is 0 Å². The highest BCUT2D eigenvalue weighted by molar-refractivity contribution is 5.52. The highest BCUT2D eigenvalue weighted by Gasteiger charge is 2.34. The fraction of sp³-hybridized carbons (Fsp3) is 0.800. The summed E-state index contributed by atoms with van der Waals surface area (Å²) in [5.74, 6) is 2.02. The summed E-state index contributed by atoms with van der Waals surface area (Å²) in [5, 5.41) is 0. The molecule has 0 N–H and O–H groups in total. The molecule has 0 spiro atoms. The van der Waals surface area contributed by atoms with E-state index < -0.39 is 0 Å². The average molecular weight is 378 g/mol. The Morgan fingerprint density at radius 2 is 1.93 bits per heavy atom. The molecule has 2 aliphatic rings. The van der Waals surface area contributed by atoms with E-state index in [2.05, 4.69) is 58.7 Å². The van der Waals surface area contributed by atoms with Crippen molar-refractivity contribution in [3.05, 3.63) is 12.4 Å². The minimum atomic E-state index is -0.00143. The van der Waals surface area contributed by atoms with Crippen molar-refractivity contribution < 1.29 is 9.47 Å². The number of likely N-dealkylation sites (N-methyl/N-ethyl adjacent to an activating group) is 1.